The number of hydrogen-bond acceptors (Lipinski definition) is 5. The molecule has 6 nitrogen and oxygen atoms in total. The summed E-state index contributed by atoms with van der Waals surface area (Å²) in [4.78, 5) is 31.6. The average Bonchev–Trinajstić information content (AvgIpc) is 3.25. The van der Waals surface area contributed by atoms with Gasteiger partial charge in [0.1, 0.15) is 5.69 Å². The first-order chi connectivity index (χ1) is 15.0. The molecule has 1 atom stereocenters. The van der Waals surface area contributed by atoms with Gasteiger partial charge in [0.25, 0.3) is 5.91 Å². The van der Waals surface area contributed by atoms with E-state index in [4.69, 9.17) is 0 Å². The van der Waals surface area contributed by atoms with E-state index < -0.39 is 0 Å². The second-order valence-corrected chi connectivity index (χ2v) is 8.23. The average molecular weight is 437 g/mol. The van der Waals surface area contributed by atoms with Crippen molar-refractivity contribution in [3.63, 3.8) is 0 Å². The lowest BCUT2D eigenvalue weighted by Gasteiger charge is -2.22. The van der Waals surface area contributed by atoms with Gasteiger partial charge in [0, 0.05) is 36.6 Å². The second-order valence-electron chi connectivity index (χ2n) is 7.37. The highest BCUT2D eigenvalue weighted by molar-refractivity contribution is 7.14. The summed E-state index contributed by atoms with van der Waals surface area (Å²) in [6, 6.07) is 19.6. The number of benzene rings is 2. The number of carbonyl (C=O) groups is 2. The summed E-state index contributed by atoms with van der Waals surface area (Å²) < 4.78 is 0. The van der Waals surface area contributed by atoms with E-state index in [0.29, 0.717) is 23.9 Å². The smallest absolute Gasteiger partial charge is 0.273 e. The molecule has 0 saturated heterocycles. The van der Waals surface area contributed by atoms with Gasteiger partial charge in [-0.15, -0.1) is 11.3 Å². The van der Waals surface area contributed by atoms with Crippen molar-refractivity contribution in [2.45, 2.75) is 39.3 Å². The molecule has 1 aromatic heterocycles. The Morgan fingerprint density at radius 1 is 1.06 bits per heavy atom. The van der Waals surface area contributed by atoms with Crippen LogP contribution in [0.25, 0.3) is 0 Å². The third-order valence-corrected chi connectivity index (χ3v) is 5.64. The lowest BCUT2D eigenvalue weighted by atomic mass is 10.2. The predicted octanol–water partition coefficient (Wildman–Crippen LogP) is 4.83. The Hall–Kier alpha value is -3.19. The van der Waals surface area contributed by atoms with Crippen molar-refractivity contribution in [1.82, 2.24) is 15.2 Å². The fourth-order valence-electron chi connectivity index (χ4n) is 2.98. The summed E-state index contributed by atoms with van der Waals surface area (Å²) in [5.41, 5.74) is 2.30. The molecule has 0 aliphatic heterocycles. The Balaban J connectivity index is 1.70. The lowest BCUT2D eigenvalue weighted by molar-refractivity contribution is -0.121. The zero-order valence-corrected chi connectivity index (χ0v) is 18.7. The Kier molecular flexibility index (Phi) is 8.18. The Morgan fingerprint density at radius 3 is 2.42 bits per heavy atom. The van der Waals surface area contributed by atoms with Gasteiger partial charge in [-0.05, 0) is 31.0 Å². The van der Waals surface area contributed by atoms with Crippen LogP contribution in [0, 0.1) is 0 Å². The third kappa shape index (κ3) is 6.93. The zero-order chi connectivity index (χ0) is 22.1. The minimum absolute atomic E-state index is 0.0510. The fraction of sp³-hybridized carbons (Fsp3) is 0.292. The minimum Gasteiger partial charge on any atom is -0.354 e. The quantitative estimate of drug-likeness (QED) is 0.477. The van der Waals surface area contributed by atoms with Gasteiger partial charge in [0.2, 0.25) is 5.91 Å². The first-order valence-corrected chi connectivity index (χ1v) is 11.3. The van der Waals surface area contributed by atoms with Gasteiger partial charge in [-0.25, -0.2) is 4.98 Å². The number of hydrogen-bond donors (Lipinski definition) is 2. The van der Waals surface area contributed by atoms with E-state index in [1.54, 1.807) is 10.3 Å². The van der Waals surface area contributed by atoms with Crippen LogP contribution in [-0.2, 0) is 11.3 Å². The molecule has 2 N–H and O–H groups in total. The van der Waals surface area contributed by atoms with Gasteiger partial charge < -0.3 is 15.5 Å². The molecule has 1 heterocycles. The summed E-state index contributed by atoms with van der Waals surface area (Å²) >= 11 is 1.38. The first-order valence-electron chi connectivity index (χ1n) is 10.4. The fourth-order valence-corrected chi connectivity index (χ4v) is 3.68. The standard InChI is InChI=1S/C24H28N4O2S/c1-3-18(2)25-22(29)14-15-28(16-19-10-6-4-7-11-19)23(30)21-17-31-24(27-21)26-20-12-8-5-9-13-20/h4-13,17-18H,3,14-16H2,1-2H3,(H,25,29)(H,26,27). The molecular weight excluding hydrogens is 408 g/mol. The maximum absolute atomic E-state index is 13.2. The van der Waals surface area contributed by atoms with Crippen molar-refractivity contribution in [1.29, 1.82) is 0 Å². The van der Waals surface area contributed by atoms with Gasteiger partial charge in [-0.1, -0.05) is 55.5 Å². The lowest BCUT2D eigenvalue weighted by Crippen LogP contribution is -2.37. The van der Waals surface area contributed by atoms with E-state index in [1.165, 1.54) is 11.3 Å². The zero-order valence-electron chi connectivity index (χ0n) is 17.9. The van der Waals surface area contributed by atoms with Gasteiger partial charge in [-0.2, -0.15) is 0 Å². The molecule has 7 heteroatoms. The van der Waals surface area contributed by atoms with Crippen molar-refractivity contribution >= 4 is 34.0 Å². The van der Waals surface area contributed by atoms with Crippen LogP contribution in [0.5, 0.6) is 0 Å². The molecule has 31 heavy (non-hydrogen) atoms. The second kappa shape index (κ2) is 11.3. The first kappa shape index (κ1) is 22.5. The van der Waals surface area contributed by atoms with Crippen LogP contribution in [0.4, 0.5) is 10.8 Å². The summed E-state index contributed by atoms with van der Waals surface area (Å²) in [7, 11) is 0. The maximum Gasteiger partial charge on any atom is 0.273 e. The molecule has 0 bridgehead atoms. The number of thiazole rings is 1. The van der Waals surface area contributed by atoms with Crippen LogP contribution in [0.15, 0.2) is 66.0 Å². The number of anilines is 2. The van der Waals surface area contributed by atoms with E-state index in [9.17, 15) is 9.59 Å². The molecule has 162 valence electrons. The van der Waals surface area contributed by atoms with E-state index in [-0.39, 0.29) is 24.3 Å². The maximum atomic E-state index is 13.2. The monoisotopic (exact) mass is 436 g/mol. The third-order valence-electron chi connectivity index (χ3n) is 4.88. The van der Waals surface area contributed by atoms with Crippen LogP contribution >= 0.6 is 11.3 Å². The normalized spacial score (nSPS) is 11.5. The van der Waals surface area contributed by atoms with Crippen molar-refractivity contribution < 1.29 is 9.59 Å². The molecule has 0 radical (unpaired) electrons. The van der Waals surface area contributed by atoms with Gasteiger partial charge in [-0.3, -0.25) is 9.59 Å². The summed E-state index contributed by atoms with van der Waals surface area (Å²) in [5, 5.41) is 8.59. The topological polar surface area (TPSA) is 74.3 Å². The Labute approximate surface area is 187 Å². The van der Waals surface area contributed by atoms with Crippen LogP contribution in [-0.4, -0.2) is 34.3 Å². The molecule has 0 saturated carbocycles. The number of carbonyl (C=O) groups excluding carboxylic acids is 2. The molecule has 2 amide bonds. The highest BCUT2D eigenvalue weighted by Crippen LogP contribution is 2.22. The van der Waals surface area contributed by atoms with Crippen molar-refractivity contribution in [3.05, 3.63) is 77.3 Å². The van der Waals surface area contributed by atoms with E-state index in [0.717, 1.165) is 17.7 Å². The molecule has 1 unspecified atom stereocenters. The molecule has 0 spiro atoms. The summed E-state index contributed by atoms with van der Waals surface area (Å²) in [5.74, 6) is -0.234. The molecular formula is C24H28N4O2S. The number of para-hydroxylation sites is 1. The van der Waals surface area contributed by atoms with Gasteiger partial charge in [0.15, 0.2) is 5.13 Å². The van der Waals surface area contributed by atoms with Crippen molar-refractivity contribution in [2.24, 2.45) is 0 Å². The van der Waals surface area contributed by atoms with E-state index in [1.807, 2.05) is 74.5 Å². The summed E-state index contributed by atoms with van der Waals surface area (Å²) in [6.07, 6.45) is 1.12. The van der Waals surface area contributed by atoms with Crippen molar-refractivity contribution in [2.75, 3.05) is 11.9 Å². The van der Waals surface area contributed by atoms with Crippen LogP contribution < -0.4 is 10.6 Å². The molecule has 0 aliphatic rings. The largest absolute Gasteiger partial charge is 0.354 e. The summed E-state index contributed by atoms with van der Waals surface area (Å²) in [6.45, 7) is 4.76. The Morgan fingerprint density at radius 2 is 1.74 bits per heavy atom. The minimum atomic E-state index is -0.183. The van der Waals surface area contributed by atoms with E-state index >= 15 is 0 Å². The van der Waals surface area contributed by atoms with Crippen molar-refractivity contribution in [3.8, 4) is 0 Å². The highest BCUT2D eigenvalue weighted by Gasteiger charge is 2.20. The Bertz CT molecular complexity index is 976. The number of nitrogens with one attached hydrogen (secondary N) is 2. The molecule has 0 fully saturated rings. The highest BCUT2D eigenvalue weighted by atomic mass is 32.1. The number of rotatable bonds is 10. The number of aromatic nitrogens is 1. The van der Waals surface area contributed by atoms with Crippen LogP contribution in [0.1, 0.15) is 42.7 Å². The number of nitrogens with zero attached hydrogens (tertiary/aromatic N) is 2. The molecule has 2 aromatic carbocycles. The van der Waals surface area contributed by atoms with Crippen LogP contribution in [0.2, 0.25) is 0 Å². The molecule has 0 aliphatic carbocycles. The molecule has 3 rings (SSSR count). The SMILES string of the molecule is CCC(C)NC(=O)CCN(Cc1ccccc1)C(=O)c1csc(Nc2ccccc2)n1. The van der Waals surface area contributed by atoms with E-state index in [2.05, 4.69) is 15.6 Å². The number of amides is 2. The molecule has 3 aromatic rings. The van der Waals surface area contributed by atoms with Gasteiger partial charge >= 0.3 is 0 Å². The predicted molar refractivity (Wildman–Crippen MR) is 126 cm³/mol. The van der Waals surface area contributed by atoms with Gasteiger partial charge in [0.05, 0.1) is 0 Å². The van der Waals surface area contributed by atoms with Crippen LogP contribution in [0.3, 0.4) is 0 Å².